The Kier molecular flexibility index (Phi) is 6.81. The van der Waals surface area contributed by atoms with E-state index in [-0.39, 0.29) is 0 Å². The molecule has 240 valence electrons. The maximum absolute atomic E-state index is 6.69. The Balaban J connectivity index is 1.12. The van der Waals surface area contributed by atoms with Crippen molar-refractivity contribution in [3.05, 3.63) is 194 Å². The van der Waals surface area contributed by atoms with Gasteiger partial charge in [-0.3, -0.25) is 0 Å². The van der Waals surface area contributed by atoms with E-state index in [0.717, 1.165) is 50.2 Å². The summed E-state index contributed by atoms with van der Waals surface area (Å²) in [7, 11) is 0. The van der Waals surface area contributed by atoms with Gasteiger partial charge in [0.15, 0.2) is 0 Å². The minimum Gasteiger partial charge on any atom is -0.456 e. The van der Waals surface area contributed by atoms with E-state index in [1.165, 1.54) is 38.5 Å². The van der Waals surface area contributed by atoms with Gasteiger partial charge < -0.3 is 13.9 Å². The zero-order valence-electron chi connectivity index (χ0n) is 27.8. The first kappa shape index (κ1) is 29.1. The van der Waals surface area contributed by atoms with Crippen molar-refractivity contribution in [2.24, 2.45) is 0 Å². The van der Waals surface area contributed by atoms with Crippen LogP contribution in [0.1, 0.15) is 0 Å². The maximum atomic E-state index is 6.69. The van der Waals surface area contributed by atoms with Gasteiger partial charge in [-0.15, -0.1) is 0 Å². The lowest BCUT2D eigenvalue weighted by molar-refractivity contribution is 0.669. The van der Waals surface area contributed by atoms with Crippen LogP contribution in [-0.4, -0.2) is 4.57 Å². The summed E-state index contributed by atoms with van der Waals surface area (Å²) in [5.74, 6) is 0. The van der Waals surface area contributed by atoms with E-state index >= 15 is 0 Å². The minimum atomic E-state index is 0.862. The van der Waals surface area contributed by atoms with E-state index in [1.54, 1.807) is 0 Å². The minimum absolute atomic E-state index is 0.862. The van der Waals surface area contributed by atoms with Crippen molar-refractivity contribution in [2.75, 3.05) is 4.90 Å². The Labute approximate surface area is 295 Å². The lowest BCUT2D eigenvalue weighted by Gasteiger charge is -2.25. The second-order valence-electron chi connectivity index (χ2n) is 13.0. The molecule has 0 spiro atoms. The fraction of sp³-hybridized carbons (Fsp3) is 0. The van der Waals surface area contributed by atoms with Gasteiger partial charge in [-0.1, -0.05) is 121 Å². The second kappa shape index (κ2) is 11.9. The first-order valence-electron chi connectivity index (χ1n) is 17.4. The molecule has 2 aromatic heterocycles. The van der Waals surface area contributed by atoms with E-state index in [2.05, 4.69) is 204 Å². The van der Waals surface area contributed by atoms with E-state index in [9.17, 15) is 0 Å². The van der Waals surface area contributed by atoms with E-state index in [1.807, 2.05) is 0 Å². The van der Waals surface area contributed by atoms with Crippen LogP contribution >= 0.6 is 0 Å². The molecule has 51 heavy (non-hydrogen) atoms. The molecule has 2 heterocycles. The molecule has 3 nitrogen and oxygen atoms in total. The zero-order valence-corrected chi connectivity index (χ0v) is 27.8. The zero-order chi connectivity index (χ0) is 33.7. The first-order valence-corrected chi connectivity index (χ1v) is 17.4. The molecule has 0 amide bonds. The Morgan fingerprint density at radius 3 is 1.59 bits per heavy atom. The third kappa shape index (κ3) is 4.90. The highest BCUT2D eigenvalue weighted by Gasteiger charge is 2.20. The number of furan rings is 1. The third-order valence-electron chi connectivity index (χ3n) is 9.99. The predicted molar refractivity (Wildman–Crippen MR) is 214 cm³/mol. The van der Waals surface area contributed by atoms with Crippen LogP contribution in [0.4, 0.5) is 17.1 Å². The number of anilines is 3. The summed E-state index contributed by atoms with van der Waals surface area (Å²) in [4.78, 5) is 2.29. The average molecular weight is 653 g/mol. The summed E-state index contributed by atoms with van der Waals surface area (Å²) in [5.41, 5.74) is 13.2. The number of rotatable bonds is 6. The first-order chi connectivity index (χ1) is 25.3. The summed E-state index contributed by atoms with van der Waals surface area (Å²) in [6, 6.07) is 68.9. The number of para-hydroxylation sites is 2. The fourth-order valence-electron chi connectivity index (χ4n) is 7.62. The Morgan fingerprint density at radius 2 is 0.902 bits per heavy atom. The molecule has 8 aromatic carbocycles. The van der Waals surface area contributed by atoms with Gasteiger partial charge in [0.2, 0.25) is 0 Å². The number of hydrogen-bond acceptors (Lipinski definition) is 2. The Hall–Kier alpha value is -6.84. The largest absolute Gasteiger partial charge is 0.456 e. The van der Waals surface area contributed by atoms with E-state index in [4.69, 9.17) is 4.42 Å². The molecule has 0 saturated heterocycles. The molecule has 0 aliphatic carbocycles. The summed E-state index contributed by atoms with van der Waals surface area (Å²) in [6.45, 7) is 0. The van der Waals surface area contributed by atoms with Crippen molar-refractivity contribution in [2.45, 2.75) is 0 Å². The topological polar surface area (TPSA) is 21.3 Å². The van der Waals surface area contributed by atoms with Gasteiger partial charge in [-0.05, 0) is 89.0 Å². The fourth-order valence-corrected chi connectivity index (χ4v) is 7.62. The van der Waals surface area contributed by atoms with Crippen LogP contribution in [0.2, 0.25) is 0 Å². The molecule has 0 N–H and O–H groups in total. The Bertz CT molecular complexity index is 2820. The van der Waals surface area contributed by atoms with Gasteiger partial charge in [0, 0.05) is 50.4 Å². The van der Waals surface area contributed by atoms with Crippen molar-refractivity contribution >= 4 is 60.8 Å². The lowest BCUT2D eigenvalue weighted by atomic mass is 10.0. The molecule has 0 fully saturated rings. The number of aromatic nitrogens is 1. The molecule has 10 rings (SSSR count). The number of benzene rings is 8. The Morgan fingerprint density at radius 1 is 0.353 bits per heavy atom. The second-order valence-corrected chi connectivity index (χ2v) is 13.0. The maximum Gasteiger partial charge on any atom is 0.137 e. The lowest BCUT2D eigenvalue weighted by Crippen LogP contribution is -2.09. The van der Waals surface area contributed by atoms with Gasteiger partial charge in [-0.2, -0.15) is 0 Å². The van der Waals surface area contributed by atoms with Crippen molar-refractivity contribution in [1.82, 2.24) is 4.57 Å². The number of nitrogens with zero attached hydrogens (tertiary/aromatic N) is 2. The molecule has 10 aromatic rings. The van der Waals surface area contributed by atoms with Crippen LogP contribution in [0.3, 0.4) is 0 Å². The monoisotopic (exact) mass is 652 g/mol. The van der Waals surface area contributed by atoms with Crippen LogP contribution in [0.25, 0.3) is 71.7 Å². The highest BCUT2D eigenvalue weighted by molar-refractivity contribution is 6.27. The predicted octanol–water partition coefficient (Wildman–Crippen LogP) is 13.5. The van der Waals surface area contributed by atoms with Crippen LogP contribution in [0, 0.1) is 0 Å². The normalized spacial score (nSPS) is 11.5. The molecule has 0 atom stereocenters. The van der Waals surface area contributed by atoms with Crippen LogP contribution in [0.15, 0.2) is 199 Å². The highest BCUT2D eigenvalue weighted by Crippen LogP contribution is 2.43. The van der Waals surface area contributed by atoms with Crippen LogP contribution < -0.4 is 4.90 Å². The van der Waals surface area contributed by atoms with Crippen LogP contribution in [0.5, 0.6) is 0 Å². The molecular weight excluding hydrogens is 621 g/mol. The van der Waals surface area contributed by atoms with E-state index in [0.29, 0.717) is 0 Å². The summed E-state index contributed by atoms with van der Waals surface area (Å²) in [5, 5.41) is 4.66. The average Bonchev–Trinajstić information content (AvgIpc) is 3.75. The summed E-state index contributed by atoms with van der Waals surface area (Å²) >= 11 is 0. The van der Waals surface area contributed by atoms with E-state index < -0.39 is 0 Å². The molecule has 3 heteroatoms. The van der Waals surface area contributed by atoms with Gasteiger partial charge in [0.25, 0.3) is 0 Å². The summed E-state index contributed by atoms with van der Waals surface area (Å²) in [6.07, 6.45) is 0. The summed E-state index contributed by atoms with van der Waals surface area (Å²) < 4.78 is 9.07. The van der Waals surface area contributed by atoms with Crippen molar-refractivity contribution in [3.8, 4) is 27.9 Å². The van der Waals surface area contributed by atoms with Gasteiger partial charge in [0.05, 0.1) is 11.0 Å². The molecule has 0 radical (unpaired) electrons. The highest BCUT2D eigenvalue weighted by atomic mass is 16.3. The van der Waals surface area contributed by atoms with Crippen LogP contribution in [-0.2, 0) is 0 Å². The smallest absolute Gasteiger partial charge is 0.137 e. The standard InChI is InChI=1S/C48H32N2O/c1-4-12-33(13-5-1)35-20-24-38(25-21-35)49(37-16-8-3-9-17-37)40-28-29-42-46(32-40)51-45-31-30-44-47(48(42)45)41-18-10-11-19-43(41)50(44)39-26-22-36(23-27-39)34-14-6-2-7-15-34/h1-32H. The quantitative estimate of drug-likeness (QED) is 0.178. The van der Waals surface area contributed by atoms with Gasteiger partial charge in [0.1, 0.15) is 11.2 Å². The molecular formula is C48H32N2O. The number of fused-ring (bicyclic) bond motifs is 7. The van der Waals surface area contributed by atoms with Crippen molar-refractivity contribution in [3.63, 3.8) is 0 Å². The molecule has 0 bridgehead atoms. The number of hydrogen-bond donors (Lipinski definition) is 0. The molecule has 0 aliphatic rings. The molecule has 0 saturated carbocycles. The van der Waals surface area contributed by atoms with Gasteiger partial charge >= 0.3 is 0 Å². The SMILES string of the molecule is c1ccc(-c2ccc(N(c3ccccc3)c3ccc4c(c3)oc3ccc5c(c6ccccc6n5-c5ccc(-c6ccccc6)cc5)c34)cc2)cc1. The van der Waals surface area contributed by atoms with Crippen molar-refractivity contribution in [1.29, 1.82) is 0 Å². The third-order valence-corrected chi connectivity index (χ3v) is 9.99. The van der Waals surface area contributed by atoms with Gasteiger partial charge in [-0.25, -0.2) is 0 Å². The molecule has 0 unspecified atom stereocenters. The molecule has 0 aliphatic heterocycles. The van der Waals surface area contributed by atoms with Crippen molar-refractivity contribution < 1.29 is 4.42 Å².